The van der Waals surface area contributed by atoms with Gasteiger partial charge in [0.1, 0.15) is 11.4 Å². The quantitative estimate of drug-likeness (QED) is 0.707. The van der Waals surface area contributed by atoms with Crippen molar-refractivity contribution in [3.8, 4) is 5.75 Å². The maximum absolute atomic E-state index is 12.1. The largest absolute Gasteiger partial charge is 0.494 e. The van der Waals surface area contributed by atoms with E-state index in [0.717, 1.165) is 10.0 Å². The summed E-state index contributed by atoms with van der Waals surface area (Å²) in [7, 11) is 1.56. The number of rotatable bonds is 3. The Hall–Kier alpha value is -1.76. The van der Waals surface area contributed by atoms with Gasteiger partial charge in [-0.1, -0.05) is 39.7 Å². The van der Waals surface area contributed by atoms with Crippen LogP contribution in [0.5, 0.6) is 5.75 Å². The number of carbonyl (C=O) groups excluding carboxylic acids is 1. The van der Waals surface area contributed by atoms with Gasteiger partial charge < -0.3 is 10.1 Å². The molecule has 4 nitrogen and oxygen atoms in total. The molecule has 0 aliphatic carbocycles. The standard InChI is InChI=1S/C17H12BrClN2O2S/c1-23-14-7-6-12(19)9-13(14)20-17-21-16(22)15(24-17)8-10-2-4-11(18)5-3-10/h2-9H,1H3,(H,20,21,22)/b15-8-. The predicted octanol–water partition coefficient (Wildman–Crippen LogP) is 5.00. The van der Waals surface area contributed by atoms with Gasteiger partial charge in [-0.25, -0.2) is 4.99 Å². The Kier molecular flexibility index (Phi) is 5.28. The SMILES string of the molecule is COc1ccc(Cl)cc1N=C1NC(=O)/C(=C/c2ccc(Br)cc2)S1. The first kappa shape index (κ1) is 17.1. The molecular weight excluding hydrogens is 412 g/mol. The minimum absolute atomic E-state index is 0.178. The van der Waals surface area contributed by atoms with E-state index < -0.39 is 0 Å². The highest BCUT2D eigenvalue weighted by Gasteiger charge is 2.24. The third-order valence-corrected chi connectivity index (χ3v) is 4.86. The number of aliphatic imine (C=N–C) groups is 1. The van der Waals surface area contributed by atoms with Crippen LogP contribution >= 0.6 is 39.3 Å². The normalized spacial score (nSPS) is 17.4. The van der Waals surface area contributed by atoms with Crippen molar-refractivity contribution in [1.82, 2.24) is 5.32 Å². The Labute approximate surface area is 157 Å². The first-order chi connectivity index (χ1) is 11.5. The summed E-state index contributed by atoms with van der Waals surface area (Å²) in [6, 6.07) is 12.9. The van der Waals surface area contributed by atoms with Gasteiger partial charge >= 0.3 is 0 Å². The van der Waals surface area contributed by atoms with Crippen molar-refractivity contribution in [3.63, 3.8) is 0 Å². The highest BCUT2D eigenvalue weighted by atomic mass is 79.9. The van der Waals surface area contributed by atoms with Crippen LogP contribution in [0.2, 0.25) is 5.02 Å². The molecule has 1 amide bonds. The molecular formula is C17H12BrClN2O2S. The van der Waals surface area contributed by atoms with Gasteiger partial charge in [-0.3, -0.25) is 4.79 Å². The van der Waals surface area contributed by atoms with Crippen LogP contribution in [0.4, 0.5) is 5.69 Å². The number of amidine groups is 1. The van der Waals surface area contributed by atoms with E-state index in [2.05, 4.69) is 26.2 Å². The van der Waals surface area contributed by atoms with Crippen molar-refractivity contribution >= 4 is 62.1 Å². The highest BCUT2D eigenvalue weighted by molar-refractivity contribution is 9.10. The fraction of sp³-hybridized carbons (Fsp3) is 0.0588. The molecule has 1 aliphatic heterocycles. The lowest BCUT2D eigenvalue weighted by molar-refractivity contribution is -0.115. The van der Waals surface area contributed by atoms with Crippen molar-refractivity contribution in [2.75, 3.05) is 7.11 Å². The van der Waals surface area contributed by atoms with Gasteiger partial charge in [0.15, 0.2) is 5.17 Å². The lowest BCUT2D eigenvalue weighted by Gasteiger charge is -2.05. The molecule has 2 aromatic rings. The van der Waals surface area contributed by atoms with E-state index in [1.165, 1.54) is 11.8 Å². The fourth-order valence-corrected chi connectivity index (χ4v) is 3.32. The number of hydrogen-bond acceptors (Lipinski definition) is 4. The van der Waals surface area contributed by atoms with E-state index in [1.807, 2.05) is 30.3 Å². The maximum Gasteiger partial charge on any atom is 0.264 e. The summed E-state index contributed by atoms with van der Waals surface area (Å²) in [5.74, 6) is 0.412. The number of benzene rings is 2. The van der Waals surface area contributed by atoms with E-state index in [4.69, 9.17) is 16.3 Å². The summed E-state index contributed by atoms with van der Waals surface area (Å²) in [5, 5.41) is 3.79. The van der Waals surface area contributed by atoms with E-state index in [0.29, 0.717) is 26.5 Å². The molecule has 1 N–H and O–H groups in total. The number of carbonyl (C=O) groups is 1. The molecule has 0 radical (unpaired) electrons. The summed E-state index contributed by atoms with van der Waals surface area (Å²) in [5.41, 5.74) is 1.51. The molecule has 7 heteroatoms. The van der Waals surface area contributed by atoms with Gasteiger partial charge in [0.05, 0.1) is 12.0 Å². The zero-order chi connectivity index (χ0) is 17.1. The minimum Gasteiger partial charge on any atom is -0.494 e. The second-order valence-electron chi connectivity index (χ2n) is 4.85. The number of nitrogens with zero attached hydrogens (tertiary/aromatic N) is 1. The van der Waals surface area contributed by atoms with E-state index in [1.54, 1.807) is 25.3 Å². The third-order valence-electron chi connectivity index (χ3n) is 3.18. The van der Waals surface area contributed by atoms with Crippen LogP contribution in [0.1, 0.15) is 5.56 Å². The topological polar surface area (TPSA) is 50.7 Å². The maximum atomic E-state index is 12.1. The van der Waals surface area contributed by atoms with Crippen molar-refractivity contribution in [3.05, 3.63) is 62.4 Å². The van der Waals surface area contributed by atoms with Crippen LogP contribution in [0.25, 0.3) is 6.08 Å². The molecule has 1 saturated heterocycles. The summed E-state index contributed by atoms with van der Waals surface area (Å²) in [6.07, 6.45) is 1.82. The van der Waals surface area contributed by atoms with Gasteiger partial charge in [-0.05, 0) is 53.7 Å². The second kappa shape index (κ2) is 7.42. The first-order valence-electron chi connectivity index (χ1n) is 6.94. The van der Waals surface area contributed by atoms with E-state index in [9.17, 15) is 4.79 Å². The van der Waals surface area contributed by atoms with Crippen LogP contribution in [0.3, 0.4) is 0 Å². The lowest BCUT2D eigenvalue weighted by atomic mass is 10.2. The Balaban J connectivity index is 1.87. The van der Waals surface area contributed by atoms with Crippen molar-refractivity contribution in [2.24, 2.45) is 4.99 Å². The number of halogens is 2. The monoisotopic (exact) mass is 422 g/mol. The molecule has 3 rings (SSSR count). The average molecular weight is 424 g/mol. The van der Waals surface area contributed by atoms with Crippen molar-refractivity contribution in [2.45, 2.75) is 0 Å². The molecule has 0 atom stereocenters. The molecule has 0 aromatic heterocycles. The average Bonchev–Trinajstić information content (AvgIpc) is 2.89. The fourth-order valence-electron chi connectivity index (χ4n) is 2.05. The van der Waals surface area contributed by atoms with Crippen LogP contribution in [0, 0.1) is 0 Å². The summed E-state index contributed by atoms with van der Waals surface area (Å²) in [4.78, 5) is 17.1. The van der Waals surface area contributed by atoms with Crippen LogP contribution in [-0.2, 0) is 4.79 Å². The zero-order valence-electron chi connectivity index (χ0n) is 12.5. The number of ether oxygens (including phenoxy) is 1. The number of hydrogen-bond donors (Lipinski definition) is 1. The number of thioether (sulfide) groups is 1. The Bertz CT molecular complexity index is 850. The molecule has 24 heavy (non-hydrogen) atoms. The molecule has 1 heterocycles. The lowest BCUT2D eigenvalue weighted by Crippen LogP contribution is -2.19. The van der Waals surface area contributed by atoms with Gasteiger partial charge in [0, 0.05) is 9.50 Å². The minimum atomic E-state index is -0.178. The Morgan fingerprint density at radius 2 is 2.00 bits per heavy atom. The van der Waals surface area contributed by atoms with Crippen LogP contribution in [-0.4, -0.2) is 18.2 Å². The second-order valence-corrected chi connectivity index (χ2v) is 7.23. The molecule has 1 fully saturated rings. The van der Waals surface area contributed by atoms with Crippen molar-refractivity contribution < 1.29 is 9.53 Å². The highest BCUT2D eigenvalue weighted by Crippen LogP contribution is 2.34. The molecule has 2 aromatic carbocycles. The summed E-state index contributed by atoms with van der Waals surface area (Å²) >= 11 is 10.7. The molecule has 0 bridgehead atoms. The van der Waals surface area contributed by atoms with Crippen LogP contribution < -0.4 is 10.1 Å². The van der Waals surface area contributed by atoms with Gasteiger partial charge in [-0.2, -0.15) is 0 Å². The zero-order valence-corrected chi connectivity index (χ0v) is 15.7. The van der Waals surface area contributed by atoms with Gasteiger partial charge in [-0.15, -0.1) is 0 Å². The van der Waals surface area contributed by atoms with E-state index in [-0.39, 0.29) is 5.91 Å². The molecule has 122 valence electrons. The van der Waals surface area contributed by atoms with E-state index >= 15 is 0 Å². The van der Waals surface area contributed by atoms with Crippen LogP contribution in [0.15, 0.2) is 56.8 Å². The van der Waals surface area contributed by atoms with Gasteiger partial charge in [0.2, 0.25) is 0 Å². The Morgan fingerprint density at radius 3 is 2.71 bits per heavy atom. The third kappa shape index (κ3) is 4.01. The van der Waals surface area contributed by atoms with Crippen molar-refractivity contribution in [1.29, 1.82) is 0 Å². The smallest absolute Gasteiger partial charge is 0.264 e. The molecule has 1 aliphatic rings. The Morgan fingerprint density at radius 1 is 1.25 bits per heavy atom. The summed E-state index contributed by atoms with van der Waals surface area (Å²) < 4.78 is 6.25. The molecule has 0 spiro atoms. The van der Waals surface area contributed by atoms with Gasteiger partial charge in [0.25, 0.3) is 5.91 Å². The number of amides is 1. The first-order valence-corrected chi connectivity index (χ1v) is 8.92. The predicted molar refractivity (Wildman–Crippen MR) is 103 cm³/mol. The number of nitrogens with one attached hydrogen (secondary N) is 1. The molecule has 0 unspecified atom stereocenters. The summed E-state index contributed by atoms with van der Waals surface area (Å²) in [6.45, 7) is 0. The molecule has 0 saturated carbocycles. The number of methoxy groups -OCH3 is 1.